The van der Waals surface area contributed by atoms with Gasteiger partial charge in [0.15, 0.2) is 0 Å². The number of carbonyl (C=O) groups excluding carboxylic acids is 1. The molecule has 5 heteroatoms. The Morgan fingerprint density at radius 2 is 1.88 bits per heavy atom. The average Bonchev–Trinajstić information content (AvgIpc) is 2.65. The quantitative estimate of drug-likeness (QED) is 0.889. The number of rotatable bonds is 3. The number of aliphatic hydroxyl groups excluding tert-OH is 1. The summed E-state index contributed by atoms with van der Waals surface area (Å²) in [6.45, 7) is 0.534. The van der Waals surface area contributed by atoms with Crippen molar-refractivity contribution in [2.75, 3.05) is 13.2 Å². The predicted octanol–water partition coefficient (Wildman–Crippen LogP) is 2.40. The van der Waals surface area contributed by atoms with Gasteiger partial charge in [-0.25, -0.2) is 4.39 Å². The highest BCUT2D eigenvalue weighted by molar-refractivity contribution is 5.81. The number of fused-ring (bicyclic) bond motifs is 1. The number of aliphatic hydroxyl groups is 1. The van der Waals surface area contributed by atoms with Gasteiger partial charge in [-0.3, -0.25) is 4.79 Å². The molecule has 4 nitrogen and oxygen atoms in total. The van der Waals surface area contributed by atoms with Crippen LogP contribution in [0, 0.1) is 11.7 Å². The van der Waals surface area contributed by atoms with Crippen molar-refractivity contribution in [1.82, 2.24) is 4.90 Å². The summed E-state index contributed by atoms with van der Waals surface area (Å²) in [6.07, 6.45) is 1.83. The summed E-state index contributed by atoms with van der Waals surface area (Å²) in [5, 5.41) is 9.36. The Morgan fingerprint density at radius 1 is 1.19 bits per heavy atom. The second-order valence-corrected chi connectivity index (χ2v) is 7.56. The Balaban J connectivity index is 1.67. The van der Waals surface area contributed by atoms with Crippen molar-refractivity contribution in [3.8, 4) is 0 Å². The number of halogens is 1. The zero-order valence-corrected chi connectivity index (χ0v) is 14.6. The van der Waals surface area contributed by atoms with E-state index in [1.54, 1.807) is 12.1 Å². The number of nitrogens with zero attached hydrogens (tertiary/aromatic N) is 1. The topological polar surface area (TPSA) is 66.6 Å². The lowest BCUT2D eigenvalue weighted by molar-refractivity contribution is -0.143. The van der Waals surface area contributed by atoms with E-state index in [0.717, 1.165) is 17.5 Å². The SMILES string of the molecule is NC1(CO)CC(C(=O)N2CCc3ccccc3[C@@H]2c2ccc(F)cc2)C1. The van der Waals surface area contributed by atoms with Gasteiger partial charge >= 0.3 is 0 Å². The Hall–Kier alpha value is -2.24. The molecule has 1 saturated carbocycles. The Kier molecular flexibility index (Phi) is 4.29. The van der Waals surface area contributed by atoms with Crippen molar-refractivity contribution in [2.24, 2.45) is 11.7 Å². The molecule has 0 aromatic heterocycles. The number of carbonyl (C=O) groups is 1. The fourth-order valence-electron chi connectivity index (χ4n) is 4.27. The van der Waals surface area contributed by atoms with Crippen molar-refractivity contribution < 1.29 is 14.3 Å². The summed E-state index contributed by atoms with van der Waals surface area (Å²) in [5.74, 6) is -0.366. The highest BCUT2D eigenvalue weighted by atomic mass is 19.1. The molecule has 1 atom stereocenters. The van der Waals surface area contributed by atoms with Crippen LogP contribution in [-0.4, -0.2) is 34.6 Å². The van der Waals surface area contributed by atoms with Gasteiger partial charge in [0.05, 0.1) is 12.6 Å². The summed E-state index contributed by atoms with van der Waals surface area (Å²) in [6, 6.07) is 14.3. The molecule has 2 aliphatic rings. The van der Waals surface area contributed by atoms with Gasteiger partial charge in [0, 0.05) is 18.0 Å². The number of hydrogen-bond acceptors (Lipinski definition) is 3. The smallest absolute Gasteiger partial charge is 0.226 e. The fourth-order valence-corrected chi connectivity index (χ4v) is 4.27. The zero-order valence-electron chi connectivity index (χ0n) is 14.6. The normalized spacial score (nSPS) is 27.6. The molecule has 4 rings (SSSR count). The van der Waals surface area contributed by atoms with Gasteiger partial charge in [-0.1, -0.05) is 36.4 Å². The van der Waals surface area contributed by atoms with Gasteiger partial charge in [-0.15, -0.1) is 0 Å². The lowest BCUT2D eigenvalue weighted by atomic mass is 9.68. The molecule has 2 aromatic rings. The average molecular weight is 354 g/mol. The van der Waals surface area contributed by atoms with E-state index in [2.05, 4.69) is 6.07 Å². The van der Waals surface area contributed by atoms with Crippen LogP contribution in [0.5, 0.6) is 0 Å². The van der Waals surface area contributed by atoms with Crippen LogP contribution in [0.25, 0.3) is 0 Å². The van der Waals surface area contributed by atoms with Gasteiger partial charge in [0.2, 0.25) is 5.91 Å². The molecule has 0 saturated heterocycles. The van der Waals surface area contributed by atoms with E-state index in [-0.39, 0.29) is 30.3 Å². The largest absolute Gasteiger partial charge is 0.394 e. The highest BCUT2D eigenvalue weighted by Crippen LogP contribution is 2.41. The Labute approximate surface area is 152 Å². The van der Waals surface area contributed by atoms with Gasteiger partial charge in [0.25, 0.3) is 0 Å². The number of benzene rings is 2. The van der Waals surface area contributed by atoms with Gasteiger partial charge in [0.1, 0.15) is 5.82 Å². The molecule has 1 fully saturated rings. The van der Waals surface area contributed by atoms with Crippen molar-refractivity contribution in [3.63, 3.8) is 0 Å². The monoisotopic (exact) mass is 354 g/mol. The van der Waals surface area contributed by atoms with Crippen molar-refractivity contribution >= 4 is 5.91 Å². The molecule has 2 aromatic carbocycles. The third kappa shape index (κ3) is 2.91. The van der Waals surface area contributed by atoms with Gasteiger partial charge < -0.3 is 15.7 Å². The van der Waals surface area contributed by atoms with Crippen LogP contribution in [0.4, 0.5) is 4.39 Å². The third-order valence-corrected chi connectivity index (χ3v) is 5.72. The summed E-state index contributed by atoms with van der Waals surface area (Å²) in [7, 11) is 0. The van der Waals surface area contributed by atoms with Crippen LogP contribution in [0.1, 0.15) is 35.6 Å². The first-order valence-electron chi connectivity index (χ1n) is 9.04. The van der Waals surface area contributed by atoms with Crippen LogP contribution in [0.3, 0.4) is 0 Å². The molecule has 136 valence electrons. The van der Waals surface area contributed by atoms with E-state index in [1.807, 2.05) is 23.1 Å². The summed E-state index contributed by atoms with van der Waals surface area (Å²) in [4.78, 5) is 15.1. The van der Waals surface area contributed by atoms with Crippen LogP contribution in [0.15, 0.2) is 48.5 Å². The molecule has 26 heavy (non-hydrogen) atoms. The van der Waals surface area contributed by atoms with Crippen molar-refractivity contribution in [3.05, 3.63) is 71.0 Å². The van der Waals surface area contributed by atoms with Crippen molar-refractivity contribution in [1.29, 1.82) is 0 Å². The van der Waals surface area contributed by atoms with E-state index >= 15 is 0 Å². The molecule has 1 aliphatic carbocycles. The summed E-state index contributed by atoms with van der Waals surface area (Å²) >= 11 is 0. The highest BCUT2D eigenvalue weighted by Gasteiger charge is 2.47. The molecule has 3 N–H and O–H groups in total. The number of hydrogen-bond donors (Lipinski definition) is 2. The first-order chi connectivity index (χ1) is 12.5. The zero-order chi connectivity index (χ0) is 18.3. The van der Waals surface area contributed by atoms with E-state index in [0.29, 0.717) is 19.4 Å². The second kappa shape index (κ2) is 6.49. The standard InChI is InChI=1S/C21H23FN2O2/c22-17-7-5-15(6-8-17)19-18-4-2-1-3-14(18)9-10-24(19)20(26)16-11-21(23,12-16)13-25/h1-8,16,19,25H,9-13,23H2/t16?,19-,21?/m0/s1. The lowest BCUT2D eigenvalue weighted by Crippen LogP contribution is -2.59. The first kappa shape index (κ1) is 17.2. The van der Waals surface area contributed by atoms with E-state index in [1.165, 1.54) is 17.7 Å². The van der Waals surface area contributed by atoms with E-state index < -0.39 is 5.54 Å². The molecule has 1 heterocycles. The van der Waals surface area contributed by atoms with E-state index in [9.17, 15) is 14.3 Å². The second-order valence-electron chi connectivity index (χ2n) is 7.56. The van der Waals surface area contributed by atoms with Crippen LogP contribution >= 0.6 is 0 Å². The minimum absolute atomic E-state index is 0.0725. The molecule has 0 spiro atoms. The van der Waals surface area contributed by atoms with Gasteiger partial charge in [-0.05, 0) is 48.1 Å². The van der Waals surface area contributed by atoms with Crippen LogP contribution in [0.2, 0.25) is 0 Å². The molecular formula is C21H23FN2O2. The minimum atomic E-state index is -0.626. The predicted molar refractivity (Wildman–Crippen MR) is 96.8 cm³/mol. The molecule has 1 aliphatic heterocycles. The molecule has 0 bridgehead atoms. The maximum Gasteiger partial charge on any atom is 0.226 e. The van der Waals surface area contributed by atoms with Crippen LogP contribution < -0.4 is 5.73 Å². The number of amides is 1. The maximum atomic E-state index is 13.4. The molecule has 0 unspecified atom stereocenters. The lowest BCUT2D eigenvalue weighted by Gasteiger charge is -2.47. The molecular weight excluding hydrogens is 331 g/mol. The van der Waals surface area contributed by atoms with Gasteiger partial charge in [-0.2, -0.15) is 0 Å². The number of nitrogens with two attached hydrogens (primary N) is 1. The maximum absolute atomic E-state index is 13.4. The van der Waals surface area contributed by atoms with Crippen molar-refractivity contribution in [2.45, 2.75) is 30.8 Å². The van der Waals surface area contributed by atoms with Crippen LogP contribution in [-0.2, 0) is 11.2 Å². The molecule has 0 radical (unpaired) electrons. The Morgan fingerprint density at radius 3 is 2.58 bits per heavy atom. The minimum Gasteiger partial charge on any atom is -0.394 e. The Bertz CT molecular complexity index is 815. The third-order valence-electron chi connectivity index (χ3n) is 5.72. The molecule has 1 amide bonds. The van der Waals surface area contributed by atoms with E-state index in [4.69, 9.17) is 5.73 Å². The summed E-state index contributed by atoms with van der Waals surface area (Å²) < 4.78 is 13.4. The fraction of sp³-hybridized carbons (Fsp3) is 0.381. The summed E-state index contributed by atoms with van der Waals surface area (Å²) in [5.41, 5.74) is 8.64. The first-order valence-corrected chi connectivity index (χ1v) is 9.04.